The molecule has 0 saturated carbocycles. The highest BCUT2D eigenvalue weighted by atomic mass is 16.1. The predicted molar refractivity (Wildman–Crippen MR) is 95.3 cm³/mol. The molecule has 120 valence electrons. The van der Waals surface area contributed by atoms with Crippen LogP contribution in [0.5, 0.6) is 0 Å². The molecule has 0 aliphatic heterocycles. The van der Waals surface area contributed by atoms with Crippen molar-refractivity contribution < 1.29 is 4.79 Å². The van der Waals surface area contributed by atoms with Crippen LogP contribution < -0.4 is 11.1 Å². The number of carbonyl (C=O) groups excluding carboxylic acids is 1. The van der Waals surface area contributed by atoms with Gasteiger partial charge in [-0.2, -0.15) is 0 Å². The quantitative estimate of drug-likeness (QED) is 0.581. The number of hydrogen-bond acceptors (Lipinski definition) is 3. The highest BCUT2D eigenvalue weighted by Crippen LogP contribution is 2.07. The van der Waals surface area contributed by atoms with Gasteiger partial charge in [0.05, 0.1) is 18.4 Å². The summed E-state index contributed by atoms with van der Waals surface area (Å²) >= 11 is 0. The number of Topliss-reactive ketones (excluding diaryl/α,β-unsaturated/α-hetero) is 1. The summed E-state index contributed by atoms with van der Waals surface area (Å²) in [6.45, 7) is 0.943. The molecule has 4 nitrogen and oxygen atoms in total. The van der Waals surface area contributed by atoms with Gasteiger partial charge in [-0.05, 0) is 42.0 Å². The summed E-state index contributed by atoms with van der Waals surface area (Å²) in [5.41, 5.74) is 8.13. The fourth-order valence-electron chi connectivity index (χ4n) is 2.35. The molecule has 24 heavy (non-hydrogen) atoms. The van der Waals surface area contributed by atoms with Gasteiger partial charge < -0.3 is 10.3 Å². The SMILES string of the molecule is Nc1ccc(C(=O)Cn2ccc(=NCc3ccccc3)cc2)cc1. The topological polar surface area (TPSA) is 60.4 Å². The number of benzene rings is 2. The van der Waals surface area contributed by atoms with Crippen LogP contribution >= 0.6 is 0 Å². The smallest absolute Gasteiger partial charge is 0.182 e. The standard InChI is InChI=1S/C20H19N3O/c21-18-8-6-17(7-9-18)20(24)15-23-12-10-19(11-13-23)22-14-16-4-2-1-3-5-16/h1-13H,14-15,21H2. The first-order valence-corrected chi connectivity index (χ1v) is 7.80. The Morgan fingerprint density at radius 2 is 1.58 bits per heavy atom. The van der Waals surface area contributed by atoms with E-state index in [1.165, 1.54) is 5.56 Å². The number of ketones is 1. The summed E-state index contributed by atoms with van der Waals surface area (Å²) < 4.78 is 1.85. The highest BCUT2D eigenvalue weighted by molar-refractivity contribution is 5.96. The Labute approximate surface area is 140 Å². The first kappa shape index (κ1) is 15.7. The Morgan fingerprint density at radius 3 is 2.25 bits per heavy atom. The van der Waals surface area contributed by atoms with Crippen molar-refractivity contribution >= 4 is 11.5 Å². The molecule has 0 spiro atoms. The maximum absolute atomic E-state index is 12.2. The molecule has 0 unspecified atom stereocenters. The van der Waals surface area contributed by atoms with Crippen LogP contribution in [0, 0.1) is 0 Å². The van der Waals surface area contributed by atoms with Crippen molar-refractivity contribution in [1.29, 1.82) is 0 Å². The van der Waals surface area contributed by atoms with Crippen LogP contribution in [0.3, 0.4) is 0 Å². The van der Waals surface area contributed by atoms with E-state index in [-0.39, 0.29) is 5.78 Å². The Hall–Kier alpha value is -3.14. The van der Waals surface area contributed by atoms with Crippen LogP contribution in [-0.4, -0.2) is 10.4 Å². The van der Waals surface area contributed by atoms with Gasteiger partial charge in [-0.1, -0.05) is 30.3 Å². The van der Waals surface area contributed by atoms with Crippen LogP contribution in [0.1, 0.15) is 15.9 Å². The van der Waals surface area contributed by atoms with Crippen LogP contribution in [0.25, 0.3) is 0 Å². The van der Waals surface area contributed by atoms with Crippen LogP contribution in [-0.2, 0) is 13.1 Å². The number of anilines is 1. The van der Waals surface area contributed by atoms with Crippen molar-refractivity contribution in [3.05, 3.63) is 95.6 Å². The maximum Gasteiger partial charge on any atom is 0.182 e. The minimum atomic E-state index is 0.0500. The van der Waals surface area contributed by atoms with Crippen LogP contribution in [0.2, 0.25) is 0 Å². The predicted octanol–water partition coefficient (Wildman–Crippen LogP) is 3.05. The average Bonchev–Trinajstić information content (AvgIpc) is 2.62. The Bertz CT molecular complexity index is 860. The van der Waals surface area contributed by atoms with Crippen molar-refractivity contribution in [3.8, 4) is 0 Å². The normalized spacial score (nSPS) is 10.3. The second-order valence-corrected chi connectivity index (χ2v) is 5.58. The van der Waals surface area contributed by atoms with Crippen molar-refractivity contribution in [3.63, 3.8) is 0 Å². The van der Waals surface area contributed by atoms with Gasteiger partial charge >= 0.3 is 0 Å². The lowest BCUT2D eigenvalue weighted by Crippen LogP contribution is -2.12. The zero-order valence-electron chi connectivity index (χ0n) is 13.3. The van der Waals surface area contributed by atoms with Gasteiger partial charge in [0.15, 0.2) is 5.78 Å². The summed E-state index contributed by atoms with van der Waals surface area (Å²) in [5, 5.41) is 0.898. The van der Waals surface area contributed by atoms with Crippen molar-refractivity contribution in [2.45, 2.75) is 13.1 Å². The molecule has 3 aromatic rings. The van der Waals surface area contributed by atoms with E-state index in [4.69, 9.17) is 5.73 Å². The van der Waals surface area contributed by atoms with Crippen molar-refractivity contribution in [2.75, 3.05) is 5.73 Å². The molecule has 0 saturated heterocycles. The fraction of sp³-hybridized carbons (Fsp3) is 0.100. The second kappa shape index (κ2) is 7.42. The third-order valence-corrected chi connectivity index (χ3v) is 3.72. The first-order chi connectivity index (χ1) is 11.7. The molecule has 0 fully saturated rings. The van der Waals surface area contributed by atoms with Crippen LogP contribution in [0.15, 0.2) is 84.1 Å². The number of pyridine rings is 1. The number of hydrogen-bond donors (Lipinski definition) is 1. The lowest BCUT2D eigenvalue weighted by Gasteiger charge is -2.06. The number of rotatable bonds is 5. The molecule has 0 aliphatic rings. The lowest BCUT2D eigenvalue weighted by atomic mass is 10.1. The number of nitrogens with two attached hydrogens (primary N) is 1. The summed E-state index contributed by atoms with van der Waals surface area (Å²) in [4.78, 5) is 16.8. The van der Waals surface area contributed by atoms with Gasteiger partial charge in [0.1, 0.15) is 0 Å². The number of aromatic nitrogens is 1. The molecule has 3 rings (SSSR count). The summed E-state index contributed by atoms with van der Waals surface area (Å²) in [6, 6.07) is 20.9. The van der Waals surface area contributed by atoms with Crippen molar-refractivity contribution in [1.82, 2.24) is 4.57 Å². The third-order valence-electron chi connectivity index (χ3n) is 3.72. The van der Waals surface area contributed by atoms with Gasteiger partial charge in [-0.25, -0.2) is 0 Å². The number of nitrogen functional groups attached to an aromatic ring is 1. The zero-order valence-corrected chi connectivity index (χ0v) is 13.3. The van der Waals surface area contributed by atoms with Gasteiger partial charge in [-0.15, -0.1) is 0 Å². The Balaban J connectivity index is 1.66. The van der Waals surface area contributed by atoms with Crippen LogP contribution in [0.4, 0.5) is 5.69 Å². The van der Waals surface area contributed by atoms with E-state index in [1.807, 2.05) is 47.3 Å². The van der Waals surface area contributed by atoms with E-state index in [2.05, 4.69) is 17.1 Å². The molecule has 0 amide bonds. The average molecular weight is 317 g/mol. The van der Waals surface area contributed by atoms with E-state index in [1.54, 1.807) is 24.3 Å². The number of nitrogens with zero attached hydrogens (tertiary/aromatic N) is 2. The molecule has 2 aromatic carbocycles. The minimum Gasteiger partial charge on any atom is -0.399 e. The summed E-state index contributed by atoms with van der Waals surface area (Å²) in [5.74, 6) is 0.0500. The molecule has 0 aliphatic carbocycles. The van der Waals surface area contributed by atoms with E-state index in [9.17, 15) is 4.79 Å². The monoisotopic (exact) mass is 317 g/mol. The van der Waals surface area contributed by atoms with E-state index >= 15 is 0 Å². The number of carbonyl (C=O) groups is 1. The fourth-order valence-corrected chi connectivity index (χ4v) is 2.35. The van der Waals surface area contributed by atoms with E-state index in [0.29, 0.717) is 24.3 Å². The molecule has 1 aromatic heterocycles. The van der Waals surface area contributed by atoms with E-state index in [0.717, 1.165) is 5.36 Å². The highest BCUT2D eigenvalue weighted by Gasteiger charge is 2.05. The van der Waals surface area contributed by atoms with Gasteiger partial charge in [0, 0.05) is 23.6 Å². The zero-order chi connectivity index (χ0) is 16.8. The minimum absolute atomic E-state index is 0.0500. The molecule has 0 bridgehead atoms. The first-order valence-electron chi connectivity index (χ1n) is 7.80. The molecular formula is C20H19N3O. The van der Waals surface area contributed by atoms with Gasteiger partial charge in [-0.3, -0.25) is 9.79 Å². The molecule has 2 N–H and O–H groups in total. The maximum atomic E-state index is 12.2. The summed E-state index contributed by atoms with van der Waals surface area (Å²) in [6.07, 6.45) is 3.75. The molecular weight excluding hydrogens is 298 g/mol. The van der Waals surface area contributed by atoms with Crippen molar-refractivity contribution in [2.24, 2.45) is 4.99 Å². The Morgan fingerprint density at radius 1 is 0.917 bits per heavy atom. The molecule has 0 radical (unpaired) electrons. The molecule has 4 heteroatoms. The summed E-state index contributed by atoms with van der Waals surface area (Å²) in [7, 11) is 0. The van der Waals surface area contributed by atoms with Gasteiger partial charge in [0.25, 0.3) is 0 Å². The van der Waals surface area contributed by atoms with Gasteiger partial charge in [0.2, 0.25) is 0 Å². The largest absolute Gasteiger partial charge is 0.399 e. The second-order valence-electron chi connectivity index (χ2n) is 5.58. The molecule has 1 heterocycles. The third kappa shape index (κ3) is 4.20. The lowest BCUT2D eigenvalue weighted by molar-refractivity contribution is 0.0972. The molecule has 0 atom stereocenters. The van der Waals surface area contributed by atoms with E-state index < -0.39 is 0 Å². The Kier molecular flexibility index (Phi) is 4.87.